The number of ether oxygens (including phenoxy) is 3. The summed E-state index contributed by atoms with van der Waals surface area (Å²) in [5.74, 6) is 1.47. The van der Waals surface area contributed by atoms with Crippen molar-refractivity contribution in [2.45, 2.75) is 26.3 Å². The third-order valence-corrected chi connectivity index (χ3v) is 4.64. The maximum atomic E-state index is 12.6. The van der Waals surface area contributed by atoms with Gasteiger partial charge in [-0.2, -0.15) is 0 Å². The van der Waals surface area contributed by atoms with E-state index in [1.165, 1.54) is 0 Å². The van der Waals surface area contributed by atoms with Crippen LogP contribution in [-0.2, 0) is 6.54 Å². The fourth-order valence-electron chi connectivity index (χ4n) is 2.30. The van der Waals surface area contributed by atoms with Gasteiger partial charge in [-0.1, -0.05) is 19.4 Å². The van der Waals surface area contributed by atoms with Crippen LogP contribution in [0.5, 0.6) is 17.4 Å². The molecule has 1 aromatic carbocycles. The zero-order chi connectivity index (χ0) is 18.9. The van der Waals surface area contributed by atoms with Gasteiger partial charge in [0.2, 0.25) is 5.88 Å². The van der Waals surface area contributed by atoms with Crippen molar-refractivity contribution in [2.75, 3.05) is 20.8 Å². The molecule has 26 heavy (non-hydrogen) atoms. The second-order valence-electron chi connectivity index (χ2n) is 5.54. The van der Waals surface area contributed by atoms with Gasteiger partial charge in [0.15, 0.2) is 11.5 Å². The normalized spacial score (nSPS) is 10.3. The van der Waals surface area contributed by atoms with Crippen LogP contribution in [0.15, 0.2) is 30.5 Å². The van der Waals surface area contributed by atoms with Gasteiger partial charge in [-0.15, -0.1) is 0 Å². The number of aromatic nitrogens is 1. The summed E-state index contributed by atoms with van der Waals surface area (Å²) in [5.41, 5.74) is 1.37. The Bertz CT molecular complexity index is 752. The first-order valence-electron chi connectivity index (χ1n) is 8.37. The highest BCUT2D eigenvalue weighted by Crippen LogP contribution is 2.31. The molecule has 0 saturated carbocycles. The molecule has 0 atom stereocenters. The molecule has 0 aliphatic rings. The molecule has 2 rings (SSSR count). The number of unbranched alkanes of at least 4 members (excludes halogenated alkanes) is 1. The van der Waals surface area contributed by atoms with E-state index in [0.29, 0.717) is 36.1 Å². The molecule has 140 valence electrons. The highest BCUT2D eigenvalue weighted by molar-refractivity contribution is 14.1. The van der Waals surface area contributed by atoms with E-state index >= 15 is 0 Å². The van der Waals surface area contributed by atoms with Gasteiger partial charge in [0.05, 0.1) is 26.4 Å². The monoisotopic (exact) mass is 470 g/mol. The van der Waals surface area contributed by atoms with Gasteiger partial charge >= 0.3 is 0 Å². The fraction of sp³-hybridized carbons (Fsp3) is 0.368. The highest BCUT2D eigenvalue weighted by atomic mass is 127. The van der Waals surface area contributed by atoms with Crippen molar-refractivity contribution in [3.8, 4) is 17.4 Å². The smallest absolute Gasteiger partial charge is 0.252 e. The summed E-state index contributed by atoms with van der Waals surface area (Å²) in [5, 5.41) is 2.92. The van der Waals surface area contributed by atoms with E-state index in [4.69, 9.17) is 14.2 Å². The van der Waals surface area contributed by atoms with Crippen LogP contribution in [0.2, 0.25) is 0 Å². The Morgan fingerprint density at radius 1 is 1.23 bits per heavy atom. The maximum Gasteiger partial charge on any atom is 0.252 e. The number of nitrogens with one attached hydrogen (secondary N) is 1. The summed E-state index contributed by atoms with van der Waals surface area (Å²) in [6.07, 6.45) is 3.70. The largest absolute Gasteiger partial charge is 0.493 e. The predicted octanol–water partition coefficient (Wildman–Crippen LogP) is 3.81. The lowest BCUT2D eigenvalue weighted by Gasteiger charge is -2.13. The average Bonchev–Trinajstić information content (AvgIpc) is 2.66. The summed E-state index contributed by atoms with van der Waals surface area (Å²) in [7, 11) is 3.11. The van der Waals surface area contributed by atoms with E-state index in [-0.39, 0.29) is 5.91 Å². The molecule has 0 radical (unpaired) electrons. The lowest BCUT2D eigenvalue weighted by Crippen LogP contribution is -2.24. The SMILES string of the molecule is CCCCOc1ncccc1CNC(=O)c1cc(OC)c(OC)cc1I. The number of carbonyl (C=O) groups is 1. The molecule has 0 aliphatic carbocycles. The molecule has 7 heteroatoms. The van der Waals surface area contributed by atoms with E-state index in [2.05, 4.69) is 39.8 Å². The Balaban J connectivity index is 2.10. The molecule has 0 saturated heterocycles. The van der Waals surface area contributed by atoms with Crippen LogP contribution in [0.3, 0.4) is 0 Å². The van der Waals surface area contributed by atoms with Crippen LogP contribution in [0.4, 0.5) is 0 Å². The quantitative estimate of drug-likeness (QED) is 0.446. The third-order valence-electron chi connectivity index (χ3n) is 3.74. The summed E-state index contributed by atoms with van der Waals surface area (Å²) < 4.78 is 17.0. The van der Waals surface area contributed by atoms with Crippen molar-refractivity contribution in [2.24, 2.45) is 0 Å². The molecule has 0 spiro atoms. The van der Waals surface area contributed by atoms with Crippen LogP contribution in [-0.4, -0.2) is 31.7 Å². The molecule has 1 aromatic heterocycles. The van der Waals surface area contributed by atoms with Crippen molar-refractivity contribution in [3.63, 3.8) is 0 Å². The van der Waals surface area contributed by atoms with Crippen LogP contribution in [0.1, 0.15) is 35.7 Å². The van der Waals surface area contributed by atoms with Gasteiger partial charge in [-0.25, -0.2) is 4.98 Å². The van der Waals surface area contributed by atoms with E-state index in [9.17, 15) is 4.79 Å². The van der Waals surface area contributed by atoms with Gasteiger partial charge in [0.25, 0.3) is 5.91 Å². The molecule has 0 aliphatic heterocycles. The van der Waals surface area contributed by atoms with Crippen LogP contribution < -0.4 is 19.5 Å². The number of rotatable bonds is 9. The Kier molecular flexibility index (Phi) is 7.96. The first kappa shape index (κ1) is 20.3. The van der Waals surface area contributed by atoms with E-state index < -0.39 is 0 Å². The molecular weight excluding hydrogens is 447 g/mol. The van der Waals surface area contributed by atoms with Crippen LogP contribution >= 0.6 is 22.6 Å². The zero-order valence-electron chi connectivity index (χ0n) is 15.2. The molecule has 0 bridgehead atoms. The second kappa shape index (κ2) is 10.2. The molecule has 1 heterocycles. The predicted molar refractivity (Wildman–Crippen MR) is 108 cm³/mol. The second-order valence-corrected chi connectivity index (χ2v) is 6.70. The number of nitrogens with zero attached hydrogens (tertiary/aromatic N) is 1. The van der Waals surface area contributed by atoms with Crippen molar-refractivity contribution >= 4 is 28.5 Å². The standard InChI is InChI=1S/C19H23IN2O4/c1-4-5-9-26-19-13(7-6-8-21-19)12-22-18(23)14-10-16(24-2)17(25-3)11-15(14)20/h6-8,10-11H,4-5,9,12H2,1-3H3,(H,22,23). The molecule has 6 nitrogen and oxygen atoms in total. The van der Waals surface area contributed by atoms with Crippen LogP contribution in [0, 0.1) is 3.57 Å². The minimum absolute atomic E-state index is 0.196. The van der Waals surface area contributed by atoms with Crippen molar-refractivity contribution in [3.05, 3.63) is 45.2 Å². The topological polar surface area (TPSA) is 69.7 Å². The van der Waals surface area contributed by atoms with Gasteiger partial charge < -0.3 is 19.5 Å². The number of hydrogen-bond donors (Lipinski definition) is 1. The molecule has 1 amide bonds. The number of benzene rings is 1. The van der Waals surface area contributed by atoms with E-state index in [1.807, 2.05) is 12.1 Å². The number of amides is 1. The highest BCUT2D eigenvalue weighted by Gasteiger charge is 2.16. The first-order valence-corrected chi connectivity index (χ1v) is 9.45. The number of halogens is 1. The Hall–Kier alpha value is -2.03. The van der Waals surface area contributed by atoms with E-state index in [0.717, 1.165) is 22.0 Å². The number of methoxy groups -OCH3 is 2. The van der Waals surface area contributed by atoms with Crippen molar-refractivity contribution in [1.82, 2.24) is 10.3 Å². The minimum atomic E-state index is -0.196. The Morgan fingerprint density at radius 2 is 1.96 bits per heavy atom. The van der Waals surface area contributed by atoms with Crippen molar-refractivity contribution < 1.29 is 19.0 Å². The van der Waals surface area contributed by atoms with Gasteiger partial charge in [-0.3, -0.25) is 4.79 Å². The Labute approximate surface area is 167 Å². The number of hydrogen-bond acceptors (Lipinski definition) is 5. The molecule has 0 unspecified atom stereocenters. The number of pyridine rings is 1. The van der Waals surface area contributed by atoms with Crippen molar-refractivity contribution in [1.29, 1.82) is 0 Å². The molecule has 0 fully saturated rings. The summed E-state index contributed by atoms with van der Waals surface area (Å²) >= 11 is 2.11. The Morgan fingerprint density at radius 3 is 2.65 bits per heavy atom. The minimum Gasteiger partial charge on any atom is -0.493 e. The third kappa shape index (κ3) is 5.23. The summed E-state index contributed by atoms with van der Waals surface area (Å²) in [6, 6.07) is 7.18. The summed E-state index contributed by atoms with van der Waals surface area (Å²) in [6.45, 7) is 3.05. The van der Waals surface area contributed by atoms with Gasteiger partial charge in [-0.05, 0) is 47.2 Å². The van der Waals surface area contributed by atoms with Gasteiger partial charge in [0.1, 0.15) is 0 Å². The lowest BCUT2D eigenvalue weighted by molar-refractivity contribution is 0.0949. The summed E-state index contributed by atoms with van der Waals surface area (Å²) in [4.78, 5) is 16.9. The molecule has 2 aromatic rings. The van der Waals surface area contributed by atoms with Crippen LogP contribution in [0.25, 0.3) is 0 Å². The van der Waals surface area contributed by atoms with Gasteiger partial charge in [0, 0.05) is 21.9 Å². The zero-order valence-corrected chi connectivity index (χ0v) is 17.3. The average molecular weight is 470 g/mol. The van der Waals surface area contributed by atoms with E-state index in [1.54, 1.807) is 32.5 Å². The maximum absolute atomic E-state index is 12.6. The first-order chi connectivity index (χ1) is 12.6. The number of carbonyl (C=O) groups excluding carboxylic acids is 1. The molecular formula is C19H23IN2O4. The molecule has 1 N–H and O–H groups in total. The fourth-order valence-corrected chi connectivity index (χ4v) is 2.98. The lowest BCUT2D eigenvalue weighted by atomic mass is 10.1.